The maximum atomic E-state index is 5.38. The molecule has 0 aliphatic heterocycles. The second-order valence-corrected chi connectivity index (χ2v) is 6.19. The molecular weight excluding hydrogens is 316 g/mol. The van der Waals surface area contributed by atoms with Crippen LogP contribution in [0.25, 0.3) is 0 Å². The predicted octanol–water partition coefficient (Wildman–Crippen LogP) is 4.36. The van der Waals surface area contributed by atoms with Crippen molar-refractivity contribution < 1.29 is 0 Å². The van der Waals surface area contributed by atoms with Gasteiger partial charge in [0.25, 0.3) is 0 Å². The smallest absolute Gasteiger partial charge is 0.176 e. The van der Waals surface area contributed by atoms with Crippen LogP contribution < -0.4 is 10.6 Å². The summed E-state index contributed by atoms with van der Waals surface area (Å²) in [6.45, 7) is 4.87. The first-order valence-electron chi connectivity index (χ1n) is 7.83. The number of anilines is 2. The molecule has 4 nitrogen and oxygen atoms in total. The van der Waals surface area contributed by atoms with E-state index in [0.29, 0.717) is 5.11 Å². The van der Waals surface area contributed by atoms with Gasteiger partial charge in [-0.05, 0) is 43.3 Å². The first-order valence-corrected chi connectivity index (χ1v) is 8.23. The zero-order chi connectivity index (χ0) is 16.9. The van der Waals surface area contributed by atoms with E-state index in [2.05, 4.69) is 53.8 Å². The number of nitrogens with zero attached hydrogens (tertiary/aromatic N) is 2. The van der Waals surface area contributed by atoms with Crippen LogP contribution in [0, 0.1) is 13.8 Å². The highest BCUT2D eigenvalue weighted by Gasteiger charge is 2.05. The van der Waals surface area contributed by atoms with E-state index in [1.807, 2.05) is 41.2 Å². The highest BCUT2D eigenvalue weighted by atomic mass is 32.1. The molecule has 24 heavy (non-hydrogen) atoms. The molecule has 0 aliphatic carbocycles. The van der Waals surface area contributed by atoms with Gasteiger partial charge in [-0.25, -0.2) is 0 Å². The van der Waals surface area contributed by atoms with E-state index < -0.39 is 0 Å². The molecule has 2 aromatic carbocycles. The molecule has 1 aromatic heterocycles. The molecule has 0 saturated carbocycles. The molecule has 0 amide bonds. The third-order valence-electron chi connectivity index (χ3n) is 3.70. The maximum Gasteiger partial charge on any atom is 0.176 e. The summed E-state index contributed by atoms with van der Waals surface area (Å²) < 4.78 is 1.89. The van der Waals surface area contributed by atoms with Crippen LogP contribution in [0.5, 0.6) is 0 Å². The van der Waals surface area contributed by atoms with E-state index >= 15 is 0 Å². The fourth-order valence-corrected chi connectivity index (χ4v) is 2.73. The van der Waals surface area contributed by atoms with Gasteiger partial charge in [0.05, 0.1) is 6.54 Å². The minimum absolute atomic E-state index is 0.534. The fourth-order valence-electron chi connectivity index (χ4n) is 2.51. The zero-order valence-corrected chi connectivity index (χ0v) is 14.6. The molecule has 0 radical (unpaired) electrons. The van der Waals surface area contributed by atoms with Crippen molar-refractivity contribution in [3.8, 4) is 0 Å². The first kappa shape index (κ1) is 16.2. The third kappa shape index (κ3) is 4.20. The Morgan fingerprint density at radius 1 is 1.04 bits per heavy atom. The van der Waals surface area contributed by atoms with Gasteiger partial charge in [-0.15, -0.1) is 0 Å². The number of benzene rings is 2. The molecule has 0 saturated heterocycles. The Bertz CT molecular complexity index is 840. The molecule has 0 fully saturated rings. The SMILES string of the molecule is Cc1ccc(NC(=S)Nc2ccn(Cc3ccccc3)n2)c(C)c1. The van der Waals surface area contributed by atoms with Crippen LogP contribution in [0.15, 0.2) is 60.8 Å². The molecule has 3 rings (SSSR count). The van der Waals surface area contributed by atoms with E-state index in [0.717, 1.165) is 23.6 Å². The van der Waals surface area contributed by atoms with Gasteiger partial charge in [0.15, 0.2) is 10.9 Å². The monoisotopic (exact) mass is 336 g/mol. The molecule has 0 spiro atoms. The lowest BCUT2D eigenvalue weighted by atomic mass is 10.1. The van der Waals surface area contributed by atoms with Gasteiger partial charge < -0.3 is 10.6 Å². The van der Waals surface area contributed by atoms with Crippen molar-refractivity contribution in [2.45, 2.75) is 20.4 Å². The lowest BCUT2D eigenvalue weighted by molar-refractivity contribution is 0.690. The predicted molar refractivity (Wildman–Crippen MR) is 104 cm³/mol. The van der Waals surface area contributed by atoms with Crippen molar-refractivity contribution in [1.82, 2.24) is 9.78 Å². The van der Waals surface area contributed by atoms with Crippen molar-refractivity contribution in [3.63, 3.8) is 0 Å². The summed E-state index contributed by atoms with van der Waals surface area (Å²) in [5, 5.41) is 11.4. The van der Waals surface area contributed by atoms with E-state index in [9.17, 15) is 0 Å². The lowest BCUT2D eigenvalue weighted by Crippen LogP contribution is -2.20. The van der Waals surface area contributed by atoms with E-state index in [-0.39, 0.29) is 0 Å². The molecule has 1 heterocycles. The Hall–Kier alpha value is -2.66. The second kappa shape index (κ2) is 7.27. The van der Waals surface area contributed by atoms with Crippen LogP contribution in [0.4, 0.5) is 11.5 Å². The Labute approximate surface area is 147 Å². The minimum Gasteiger partial charge on any atom is -0.332 e. The molecule has 2 N–H and O–H groups in total. The number of hydrogen-bond donors (Lipinski definition) is 2. The number of aromatic nitrogens is 2. The summed E-state index contributed by atoms with van der Waals surface area (Å²) in [5.74, 6) is 0.730. The maximum absolute atomic E-state index is 5.38. The van der Waals surface area contributed by atoms with Crippen LogP contribution in [0.2, 0.25) is 0 Å². The van der Waals surface area contributed by atoms with Crippen LogP contribution in [-0.2, 0) is 6.54 Å². The van der Waals surface area contributed by atoms with Crippen LogP contribution in [0.3, 0.4) is 0 Å². The van der Waals surface area contributed by atoms with Crippen LogP contribution >= 0.6 is 12.2 Å². The molecular formula is C19H20N4S. The van der Waals surface area contributed by atoms with Gasteiger partial charge in [0.1, 0.15) is 0 Å². The Balaban J connectivity index is 1.61. The van der Waals surface area contributed by atoms with Crippen molar-refractivity contribution in [1.29, 1.82) is 0 Å². The Kier molecular flexibility index (Phi) is 4.91. The quantitative estimate of drug-likeness (QED) is 0.695. The molecule has 5 heteroatoms. The number of aryl methyl sites for hydroxylation is 2. The van der Waals surface area contributed by atoms with Crippen molar-refractivity contribution >= 4 is 28.8 Å². The van der Waals surface area contributed by atoms with Crippen LogP contribution in [-0.4, -0.2) is 14.9 Å². The van der Waals surface area contributed by atoms with E-state index in [4.69, 9.17) is 12.2 Å². The van der Waals surface area contributed by atoms with Gasteiger partial charge in [0, 0.05) is 18.0 Å². The van der Waals surface area contributed by atoms with Gasteiger partial charge in [-0.3, -0.25) is 4.68 Å². The number of thiocarbonyl (C=S) groups is 1. The van der Waals surface area contributed by atoms with Gasteiger partial charge >= 0.3 is 0 Å². The van der Waals surface area contributed by atoms with Crippen molar-refractivity contribution in [2.75, 3.05) is 10.6 Å². The Morgan fingerprint density at radius 3 is 2.58 bits per heavy atom. The van der Waals surface area contributed by atoms with Crippen molar-refractivity contribution in [3.05, 3.63) is 77.5 Å². The van der Waals surface area contributed by atoms with Gasteiger partial charge in [0.2, 0.25) is 0 Å². The van der Waals surface area contributed by atoms with Crippen molar-refractivity contribution in [2.24, 2.45) is 0 Å². The lowest BCUT2D eigenvalue weighted by Gasteiger charge is -2.11. The second-order valence-electron chi connectivity index (χ2n) is 5.78. The average molecular weight is 336 g/mol. The minimum atomic E-state index is 0.534. The normalized spacial score (nSPS) is 10.4. The highest BCUT2D eigenvalue weighted by molar-refractivity contribution is 7.80. The van der Waals surface area contributed by atoms with Gasteiger partial charge in [-0.1, -0.05) is 48.0 Å². The highest BCUT2D eigenvalue weighted by Crippen LogP contribution is 2.16. The Morgan fingerprint density at radius 2 is 1.83 bits per heavy atom. The third-order valence-corrected chi connectivity index (χ3v) is 3.90. The zero-order valence-electron chi connectivity index (χ0n) is 13.8. The van der Waals surface area contributed by atoms with E-state index in [1.54, 1.807) is 0 Å². The van der Waals surface area contributed by atoms with Crippen LogP contribution in [0.1, 0.15) is 16.7 Å². The summed E-state index contributed by atoms with van der Waals surface area (Å²) in [6, 6.07) is 18.4. The average Bonchev–Trinajstić information content (AvgIpc) is 2.98. The topological polar surface area (TPSA) is 41.9 Å². The molecule has 0 bridgehead atoms. The first-order chi connectivity index (χ1) is 11.6. The summed E-state index contributed by atoms with van der Waals surface area (Å²) >= 11 is 5.38. The number of hydrogen-bond acceptors (Lipinski definition) is 2. The summed E-state index contributed by atoms with van der Waals surface area (Å²) in [5.41, 5.74) is 4.61. The molecule has 122 valence electrons. The standard InChI is InChI=1S/C19H20N4S/c1-14-8-9-17(15(2)12-14)20-19(24)21-18-10-11-23(22-18)13-16-6-4-3-5-7-16/h3-12H,13H2,1-2H3,(H2,20,21,22,24). The largest absolute Gasteiger partial charge is 0.332 e. The summed E-state index contributed by atoms with van der Waals surface area (Å²) in [4.78, 5) is 0. The summed E-state index contributed by atoms with van der Waals surface area (Å²) in [7, 11) is 0. The van der Waals surface area contributed by atoms with E-state index in [1.165, 1.54) is 11.1 Å². The molecule has 0 unspecified atom stereocenters. The molecule has 0 atom stereocenters. The number of nitrogens with one attached hydrogen (secondary N) is 2. The number of rotatable bonds is 4. The fraction of sp³-hybridized carbons (Fsp3) is 0.158. The summed E-state index contributed by atoms with van der Waals surface area (Å²) in [6.07, 6.45) is 1.94. The van der Waals surface area contributed by atoms with Gasteiger partial charge in [-0.2, -0.15) is 5.10 Å². The molecule has 0 aliphatic rings. The molecule has 3 aromatic rings.